The molecule has 1 aliphatic rings. The molecule has 1 saturated heterocycles. The van der Waals surface area contributed by atoms with E-state index in [1.807, 2.05) is 13.0 Å². The van der Waals surface area contributed by atoms with Crippen molar-refractivity contribution >= 4 is 0 Å². The molecular formula is C27H35F3O. The van der Waals surface area contributed by atoms with Crippen molar-refractivity contribution in [3.8, 4) is 11.1 Å². The Bertz CT molecular complexity index is 841. The molecule has 31 heavy (non-hydrogen) atoms. The summed E-state index contributed by atoms with van der Waals surface area (Å²) in [6.45, 7) is 4.80. The van der Waals surface area contributed by atoms with Gasteiger partial charge in [-0.25, -0.2) is 13.2 Å². The van der Waals surface area contributed by atoms with Crippen molar-refractivity contribution < 1.29 is 17.9 Å². The molecule has 0 aliphatic carbocycles. The molecule has 2 unspecified atom stereocenters. The normalized spacial score (nSPS) is 19.0. The van der Waals surface area contributed by atoms with Gasteiger partial charge in [0.2, 0.25) is 0 Å². The first-order chi connectivity index (χ1) is 15.0. The van der Waals surface area contributed by atoms with E-state index in [2.05, 4.69) is 6.92 Å². The van der Waals surface area contributed by atoms with E-state index in [1.165, 1.54) is 37.8 Å². The van der Waals surface area contributed by atoms with Gasteiger partial charge in [-0.2, -0.15) is 0 Å². The molecule has 1 heterocycles. The third-order valence-electron chi connectivity index (χ3n) is 6.47. The molecule has 0 aromatic heterocycles. The van der Waals surface area contributed by atoms with Crippen LogP contribution < -0.4 is 0 Å². The lowest BCUT2D eigenvalue weighted by molar-refractivity contribution is -0.00216. The number of hydrogen-bond acceptors (Lipinski definition) is 1. The topological polar surface area (TPSA) is 9.23 Å². The van der Waals surface area contributed by atoms with Crippen LogP contribution in [0.2, 0.25) is 0 Å². The smallest absolute Gasteiger partial charge is 0.167 e. The van der Waals surface area contributed by atoms with E-state index in [0.717, 1.165) is 37.7 Å². The van der Waals surface area contributed by atoms with Crippen molar-refractivity contribution in [2.75, 3.05) is 6.61 Å². The Morgan fingerprint density at radius 3 is 2.29 bits per heavy atom. The van der Waals surface area contributed by atoms with Gasteiger partial charge in [0.15, 0.2) is 11.6 Å². The monoisotopic (exact) mass is 432 g/mol. The largest absolute Gasteiger partial charge is 0.378 e. The molecule has 0 radical (unpaired) electrons. The molecule has 0 amide bonds. The fourth-order valence-corrected chi connectivity index (χ4v) is 4.46. The zero-order valence-corrected chi connectivity index (χ0v) is 18.9. The average Bonchev–Trinajstić information content (AvgIpc) is 2.78. The van der Waals surface area contributed by atoms with Crippen molar-refractivity contribution in [1.82, 2.24) is 0 Å². The van der Waals surface area contributed by atoms with Crippen molar-refractivity contribution in [3.63, 3.8) is 0 Å². The molecule has 1 fully saturated rings. The SMILES string of the molecule is CCCCCCC1CCC(c2ccc(-c3ccc(CCCC)c(F)c3F)c(F)c2)CO1. The second-order valence-electron chi connectivity index (χ2n) is 8.82. The van der Waals surface area contributed by atoms with Crippen LogP contribution >= 0.6 is 0 Å². The Morgan fingerprint density at radius 2 is 1.61 bits per heavy atom. The minimum absolute atomic E-state index is 0.0196. The fourth-order valence-electron chi connectivity index (χ4n) is 4.46. The molecule has 0 saturated carbocycles. The lowest BCUT2D eigenvalue weighted by Gasteiger charge is -2.29. The summed E-state index contributed by atoms with van der Waals surface area (Å²) in [5.41, 5.74) is 1.30. The van der Waals surface area contributed by atoms with Crippen LogP contribution in [0, 0.1) is 17.5 Å². The van der Waals surface area contributed by atoms with Gasteiger partial charge in [0.25, 0.3) is 0 Å². The maximum atomic E-state index is 14.9. The highest BCUT2D eigenvalue weighted by Crippen LogP contribution is 2.34. The second kappa shape index (κ2) is 11.7. The van der Waals surface area contributed by atoms with E-state index >= 15 is 0 Å². The lowest BCUT2D eigenvalue weighted by Crippen LogP contribution is -2.24. The summed E-state index contributed by atoms with van der Waals surface area (Å²) in [5, 5.41) is 0. The van der Waals surface area contributed by atoms with Gasteiger partial charge in [0.1, 0.15) is 5.82 Å². The summed E-state index contributed by atoms with van der Waals surface area (Å²) in [7, 11) is 0. The third-order valence-corrected chi connectivity index (χ3v) is 6.47. The van der Waals surface area contributed by atoms with Gasteiger partial charge in [-0.1, -0.05) is 70.2 Å². The van der Waals surface area contributed by atoms with Crippen LogP contribution in [0.1, 0.15) is 88.7 Å². The standard InChI is InChI=1S/C27H35F3O/c1-3-5-7-8-10-22-14-11-21(18-31-22)20-13-15-23(25(28)17-20)24-16-12-19(9-6-4-2)26(29)27(24)30/h12-13,15-17,21-22H,3-11,14,18H2,1-2H3. The summed E-state index contributed by atoms with van der Waals surface area (Å²) < 4.78 is 50.0. The van der Waals surface area contributed by atoms with Gasteiger partial charge in [-0.15, -0.1) is 0 Å². The van der Waals surface area contributed by atoms with Crippen LogP contribution in [-0.2, 0) is 11.2 Å². The van der Waals surface area contributed by atoms with E-state index in [9.17, 15) is 13.2 Å². The average molecular weight is 433 g/mol. The van der Waals surface area contributed by atoms with E-state index in [1.54, 1.807) is 12.1 Å². The number of unbranched alkanes of at least 4 members (excludes halogenated alkanes) is 4. The third kappa shape index (κ3) is 6.12. The predicted molar refractivity (Wildman–Crippen MR) is 121 cm³/mol. The number of benzene rings is 2. The molecule has 0 spiro atoms. The molecule has 1 aliphatic heterocycles. The molecule has 0 bridgehead atoms. The number of ether oxygens (including phenoxy) is 1. The molecular weight excluding hydrogens is 397 g/mol. The van der Waals surface area contributed by atoms with Crippen molar-refractivity contribution in [3.05, 3.63) is 58.9 Å². The van der Waals surface area contributed by atoms with Gasteiger partial charge >= 0.3 is 0 Å². The predicted octanol–water partition coefficient (Wildman–Crippen LogP) is 8.35. The maximum absolute atomic E-state index is 14.9. The van der Waals surface area contributed by atoms with Crippen LogP contribution in [0.3, 0.4) is 0 Å². The van der Waals surface area contributed by atoms with Crippen molar-refractivity contribution in [2.24, 2.45) is 0 Å². The quantitative estimate of drug-likeness (QED) is 0.343. The van der Waals surface area contributed by atoms with E-state index in [4.69, 9.17) is 4.74 Å². The summed E-state index contributed by atoms with van der Waals surface area (Å²) in [5.74, 6) is -2.19. The molecule has 2 atom stereocenters. The molecule has 170 valence electrons. The first kappa shape index (κ1) is 23.8. The van der Waals surface area contributed by atoms with Crippen molar-refractivity contribution in [2.45, 2.75) is 90.1 Å². The highest BCUT2D eigenvalue weighted by molar-refractivity contribution is 5.66. The number of hydrogen-bond donors (Lipinski definition) is 0. The summed E-state index contributed by atoms with van der Waals surface area (Å²) in [6.07, 6.45) is 10.5. The minimum atomic E-state index is -0.966. The first-order valence-corrected chi connectivity index (χ1v) is 11.9. The minimum Gasteiger partial charge on any atom is -0.378 e. The van der Waals surface area contributed by atoms with Crippen LogP contribution in [0.15, 0.2) is 30.3 Å². The Kier molecular flexibility index (Phi) is 9.01. The van der Waals surface area contributed by atoms with E-state index in [-0.39, 0.29) is 17.0 Å². The second-order valence-corrected chi connectivity index (χ2v) is 8.82. The van der Waals surface area contributed by atoms with Gasteiger partial charge < -0.3 is 4.74 Å². The van der Waals surface area contributed by atoms with Crippen LogP contribution in [0.25, 0.3) is 11.1 Å². The molecule has 3 rings (SSSR count). The molecule has 1 nitrogen and oxygen atoms in total. The number of rotatable bonds is 10. The molecule has 2 aromatic rings. The zero-order valence-electron chi connectivity index (χ0n) is 18.9. The lowest BCUT2D eigenvalue weighted by atomic mass is 9.88. The number of aryl methyl sites for hydroxylation is 1. The summed E-state index contributed by atoms with van der Waals surface area (Å²) >= 11 is 0. The zero-order chi connectivity index (χ0) is 22.2. The Balaban J connectivity index is 1.65. The maximum Gasteiger partial charge on any atom is 0.167 e. The fraction of sp³-hybridized carbons (Fsp3) is 0.556. The summed E-state index contributed by atoms with van der Waals surface area (Å²) in [4.78, 5) is 0. The molecule has 2 aromatic carbocycles. The number of halogens is 3. The highest BCUT2D eigenvalue weighted by atomic mass is 19.2. The Hall–Kier alpha value is -1.81. The van der Waals surface area contributed by atoms with Crippen LogP contribution in [0.5, 0.6) is 0 Å². The van der Waals surface area contributed by atoms with Gasteiger partial charge in [0.05, 0.1) is 12.7 Å². The van der Waals surface area contributed by atoms with Crippen LogP contribution in [-0.4, -0.2) is 12.7 Å². The summed E-state index contributed by atoms with van der Waals surface area (Å²) in [6, 6.07) is 7.94. The van der Waals surface area contributed by atoms with Gasteiger partial charge in [0, 0.05) is 17.0 Å². The van der Waals surface area contributed by atoms with Crippen LogP contribution in [0.4, 0.5) is 13.2 Å². The van der Waals surface area contributed by atoms with Gasteiger partial charge in [-0.3, -0.25) is 0 Å². The van der Waals surface area contributed by atoms with Gasteiger partial charge in [-0.05, 0) is 49.3 Å². The molecule has 0 N–H and O–H groups in total. The van der Waals surface area contributed by atoms with E-state index < -0.39 is 17.5 Å². The Morgan fingerprint density at radius 1 is 0.839 bits per heavy atom. The van der Waals surface area contributed by atoms with E-state index in [0.29, 0.717) is 24.7 Å². The Labute approximate surface area is 185 Å². The van der Waals surface area contributed by atoms with Crippen molar-refractivity contribution in [1.29, 1.82) is 0 Å². The first-order valence-electron chi connectivity index (χ1n) is 11.9. The highest BCUT2D eigenvalue weighted by Gasteiger charge is 2.24. The molecule has 4 heteroatoms.